The molecule has 2 aromatic carbocycles. The summed E-state index contributed by atoms with van der Waals surface area (Å²) >= 11 is 6.45. The number of methoxy groups -OCH3 is 2. The van der Waals surface area contributed by atoms with Gasteiger partial charge in [0.1, 0.15) is 5.75 Å². The highest BCUT2D eigenvalue weighted by molar-refractivity contribution is 6.31. The lowest BCUT2D eigenvalue weighted by Crippen LogP contribution is -2.51. The summed E-state index contributed by atoms with van der Waals surface area (Å²) in [5.41, 5.74) is 8.24. The number of hydrogen-bond acceptors (Lipinski definition) is 5. The minimum absolute atomic E-state index is 0.100. The van der Waals surface area contributed by atoms with Gasteiger partial charge in [0.25, 0.3) is 5.91 Å². The first kappa shape index (κ1) is 22.9. The standard InChI is InChI=1S/C23H28ClN3O4/c1-30-18-10-7-15(8-11-18)22(28)27(21-6-4-3-5-20(21)25)14-16-13-17(9-12-19(16)24)26-23(29)31-2/h7-13,20-21H,3-6,14,25H2,1-2H3,(H,26,29). The number of nitrogens with two attached hydrogens (primary N) is 1. The van der Waals surface area contributed by atoms with Crippen LogP contribution in [0.4, 0.5) is 10.5 Å². The van der Waals surface area contributed by atoms with Gasteiger partial charge in [-0.15, -0.1) is 0 Å². The van der Waals surface area contributed by atoms with Crippen molar-refractivity contribution >= 4 is 29.3 Å². The summed E-state index contributed by atoms with van der Waals surface area (Å²) in [6.45, 7) is 0.277. The van der Waals surface area contributed by atoms with Gasteiger partial charge in [-0.05, 0) is 60.9 Å². The molecule has 1 aliphatic rings. The average Bonchev–Trinajstić information content (AvgIpc) is 2.79. The Labute approximate surface area is 187 Å². The van der Waals surface area contributed by atoms with E-state index in [9.17, 15) is 9.59 Å². The predicted molar refractivity (Wildman–Crippen MR) is 121 cm³/mol. The molecule has 1 aliphatic carbocycles. The number of carbonyl (C=O) groups is 2. The second-order valence-electron chi connectivity index (χ2n) is 7.60. The van der Waals surface area contributed by atoms with Gasteiger partial charge >= 0.3 is 6.09 Å². The van der Waals surface area contributed by atoms with Crippen molar-refractivity contribution in [3.8, 4) is 5.75 Å². The Morgan fingerprint density at radius 2 is 1.84 bits per heavy atom. The third-order valence-corrected chi connectivity index (χ3v) is 5.97. The van der Waals surface area contributed by atoms with E-state index >= 15 is 0 Å². The van der Waals surface area contributed by atoms with E-state index in [1.807, 2.05) is 0 Å². The lowest BCUT2D eigenvalue weighted by molar-refractivity contribution is 0.0583. The molecule has 0 bridgehead atoms. The molecule has 2 amide bonds. The van der Waals surface area contributed by atoms with Gasteiger partial charge in [-0.1, -0.05) is 24.4 Å². The van der Waals surface area contributed by atoms with Gasteiger partial charge in [-0.25, -0.2) is 4.79 Å². The SMILES string of the molecule is COC(=O)Nc1ccc(Cl)c(CN(C(=O)c2ccc(OC)cc2)C2CCCCC2N)c1. The van der Waals surface area contributed by atoms with E-state index < -0.39 is 6.09 Å². The average molecular weight is 446 g/mol. The normalized spacial score (nSPS) is 18.2. The van der Waals surface area contributed by atoms with Gasteiger partial charge in [0, 0.05) is 34.9 Å². The molecule has 0 aromatic heterocycles. The molecule has 31 heavy (non-hydrogen) atoms. The molecule has 0 aliphatic heterocycles. The third-order valence-electron chi connectivity index (χ3n) is 5.60. The van der Waals surface area contributed by atoms with Crippen molar-refractivity contribution in [1.82, 2.24) is 4.90 Å². The summed E-state index contributed by atoms with van der Waals surface area (Å²) in [5, 5.41) is 3.14. The largest absolute Gasteiger partial charge is 0.497 e. The third kappa shape index (κ3) is 5.68. The number of ether oxygens (including phenoxy) is 2. The molecule has 3 N–H and O–H groups in total. The van der Waals surface area contributed by atoms with Crippen molar-refractivity contribution in [3.05, 3.63) is 58.6 Å². The van der Waals surface area contributed by atoms with E-state index in [0.29, 0.717) is 22.0 Å². The molecule has 2 atom stereocenters. The first-order chi connectivity index (χ1) is 14.9. The van der Waals surface area contributed by atoms with Crippen molar-refractivity contribution in [1.29, 1.82) is 0 Å². The van der Waals surface area contributed by atoms with Crippen LogP contribution in [0.15, 0.2) is 42.5 Å². The van der Waals surface area contributed by atoms with Crippen molar-refractivity contribution in [2.75, 3.05) is 19.5 Å². The van der Waals surface area contributed by atoms with Gasteiger partial charge in [-0.2, -0.15) is 0 Å². The topological polar surface area (TPSA) is 93.9 Å². The molecule has 0 saturated heterocycles. The van der Waals surface area contributed by atoms with Crippen molar-refractivity contribution in [2.45, 2.75) is 44.3 Å². The zero-order valence-electron chi connectivity index (χ0n) is 17.8. The number of halogens is 1. The lowest BCUT2D eigenvalue weighted by Gasteiger charge is -2.38. The summed E-state index contributed by atoms with van der Waals surface area (Å²) in [7, 11) is 2.88. The quantitative estimate of drug-likeness (QED) is 0.685. The smallest absolute Gasteiger partial charge is 0.411 e. The first-order valence-corrected chi connectivity index (χ1v) is 10.6. The molecule has 1 saturated carbocycles. The molecule has 7 nitrogen and oxygen atoms in total. The maximum absolute atomic E-state index is 13.5. The van der Waals surface area contributed by atoms with Crippen LogP contribution in [0.25, 0.3) is 0 Å². The molecule has 0 spiro atoms. The number of hydrogen-bond donors (Lipinski definition) is 2. The Kier molecular flexibility index (Phi) is 7.76. The molecule has 1 fully saturated rings. The number of nitrogens with one attached hydrogen (secondary N) is 1. The van der Waals surface area contributed by atoms with Crippen LogP contribution in [-0.2, 0) is 11.3 Å². The van der Waals surface area contributed by atoms with Crippen LogP contribution in [0, 0.1) is 0 Å². The van der Waals surface area contributed by atoms with E-state index in [1.54, 1.807) is 54.5 Å². The fourth-order valence-electron chi connectivity index (χ4n) is 3.89. The summed E-state index contributed by atoms with van der Waals surface area (Å²) in [6.07, 6.45) is 3.20. The number of nitrogens with zero attached hydrogens (tertiary/aromatic N) is 1. The molecule has 0 radical (unpaired) electrons. The Hall–Kier alpha value is -2.77. The number of amides is 2. The van der Waals surface area contributed by atoms with Crippen molar-refractivity contribution < 1.29 is 19.1 Å². The molecule has 0 heterocycles. The Morgan fingerprint density at radius 1 is 1.13 bits per heavy atom. The highest BCUT2D eigenvalue weighted by Crippen LogP contribution is 2.29. The zero-order chi connectivity index (χ0) is 22.4. The Morgan fingerprint density at radius 3 is 2.48 bits per heavy atom. The summed E-state index contributed by atoms with van der Waals surface area (Å²) < 4.78 is 9.86. The van der Waals surface area contributed by atoms with Gasteiger partial charge in [0.05, 0.1) is 14.2 Å². The molecule has 2 unspecified atom stereocenters. The summed E-state index contributed by atoms with van der Waals surface area (Å²) in [4.78, 5) is 26.9. The predicted octanol–water partition coefficient (Wildman–Crippen LogP) is 4.44. The fourth-order valence-corrected chi connectivity index (χ4v) is 4.07. The summed E-state index contributed by atoms with van der Waals surface area (Å²) in [5.74, 6) is 0.564. The number of benzene rings is 2. The summed E-state index contributed by atoms with van der Waals surface area (Å²) in [6, 6.07) is 12.0. The van der Waals surface area contributed by atoms with E-state index in [0.717, 1.165) is 31.2 Å². The zero-order valence-corrected chi connectivity index (χ0v) is 18.5. The molecule has 3 rings (SSSR count). The minimum Gasteiger partial charge on any atom is -0.497 e. The van der Waals surface area contributed by atoms with Crippen LogP contribution in [0.1, 0.15) is 41.6 Å². The van der Waals surface area contributed by atoms with Crippen LogP contribution in [-0.4, -0.2) is 43.2 Å². The lowest BCUT2D eigenvalue weighted by atomic mass is 9.89. The Bertz CT molecular complexity index is 920. The van der Waals surface area contributed by atoms with Gasteiger partial charge in [-0.3, -0.25) is 10.1 Å². The highest BCUT2D eigenvalue weighted by atomic mass is 35.5. The van der Waals surface area contributed by atoms with Crippen LogP contribution in [0.3, 0.4) is 0 Å². The van der Waals surface area contributed by atoms with Crippen LogP contribution in [0.5, 0.6) is 5.75 Å². The van der Waals surface area contributed by atoms with E-state index in [-0.39, 0.29) is 24.5 Å². The van der Waals surface area contributed by atoms with E-state index in [4.69, 9.17) is 22.1 Å². The molecule has 8 heteroatoms. The number of anilines is 1. The van der Waals surface area contributed by atoms with Crippen LogP contribution >= 0.6 is 11.6 Å². The van der Waals surface area contributed by atoms with Crippen molar-refractivity contribution in [2.24, 2.45) is 5.73 Å². The Balaban J connectivity index is 1.92. The van der Waals surface area contributed by atoms with Gasteiger partial charge in [0.15, 0.2) is 0 Å². The molecular weight excluding hydrogens is 418 g/mol. The maximum Gasteiger partial charge on any atom is 0.411 e. The van der Waals surface area contributed by atoms with E-state index in [1.165, 1.54) is 7.11 Å². The highest BCUT2D eigenvalue weighted by Gasteiger charge is 2.32. The maximum atomic E-state index is 13.5. The second-order valence-corrected chi connectivity index (χ2v) is 8.01. The minimum atomic E-state index is -0.575. The second kappa shape index (κ2) is 10.5. The molecule has 2 aromatic rings. The number of rotatable bonds is 6. The van der Waals surface area contributed by atoms with Crippen LogP contribution < -0.4 is 15.8 Å². The van der Waals surface area contributed by atoms with Gasteiger partial charge < -0.3 is 20.1 Å². The van der Waals surface area contributed by atoms with Gasteiger partial charge in [0.2, 0.25) is 0 Å². The number of carbonyl (C=O) groups excluding carboxylic acids is 2. The first-order valence-electron chi connectivity index (χ1n) is 10.3. The fraction of sp³-hybridized carbons (Fsp3) is 0.391. The molecule has 166 valence electrons. The molecular formula is C23H28ClN3O4. The van der Waals surface area contributed by atoms with Crippen LogP contribution in [0.2, 0.25) is 5.02 Å². The van der Waals surface area contributed by atoms with E-state index in [2.05, 4.69) is 10.1 Å². The monoisotopic (exact) mass is 445 g/mol. The van der Waals surface area contributed by atoms with Crippen molar-refractivity contribution in [3.63, 3.8) is 0 Å².